The van der Waals surface area contributed by atoms with Gasteiger partial charge in [-0.3, -0.25) is 23.7 Å². The van der Waals surface area contributed by atoms with Crippen LogP contribution >= 0.6 is 22.9 Å². The lowest BCUT2D eigenvalue weighted by atomic mass is 9.97. The van der Waals surface area contributed by atoms with Crippen molar-refractivity contribution in [2.75, 3.05) is 14.2 Å². The van der Waals surface area contributed by atoms with Crippen LogP contribution in [0.5, 0.6) is 0 Å². The molecule has 0 aliphatic carbocycles. The average Bonchev–Trinajstić information content (AvgIpc) is 3.14. The van der Waals surface area contributed by atoms with Gasteiger partial charge in [-0.15, -0.1) is 22.9 Å². The SMILES string of the molecule is CNC(=O)C1C(NC(=O)/C(=N\OC)c2csc(C(Cl)C(N)=O)n2)C(=O)N1S(=O)(=O)O. The van der Waals surface area contributed by atoms with E-state index >= 15 is 0 Å². The lowest BCUT2D eigenvalue weighted by molar-refractivity contribution is -0.151. The second-order valence-electron chi connectivity index (χ2n) is 5.58. The van der Waals surface area contributed by atoms with Crippen molar-refractivity contribution in [1.29, 1.82) is 0 Å². The number of hydrogen-bond donors (Lipinski definition) is 4. The Morgan fingerprint density at radius 3 is 2.60 bits per heavy atom. The summed E-state index contributed by atoms with van der Waals surface area (Å²) in [6.07, 6.45) is 0. The first kappa shape index (κ1) is 23.5. The fourth-order valence-electron chi connectivity index (χ4n) is 2.41. The highest BCUT2D eigenvalue weighted by molar-refractivity contribution is 7.84. The van der Waals surface area contributed by atoms with Gasteiger partial charge in [0.05, 0.1) is 0 Å². The maximum atomic E-state index is 12.6. The summed E-state index contributed by atoms with van der Waals surface area (Å²) in [5.41, 5.74) is 4.55. The van der Waals surface area contributed by atoms with Crippen molar-refractivity contribution < 1.29 is 37.0 Å². The van der Waals surface area contributed by atoms with E-state index in [2.05, 4.69) is 25.6 Å². The number of oxime groups is 1. The number of nitrogens with zero attached hydrogens (tertiary/aromatic N) is 3. The van der Waals surface area contributed by atoms with Gasteiger partial charge in [0.2, 0.25) is 11.8 Å². The number of rotatable bonds is 8. The lowest BCUT2D eigenvalue weighted by Crippen LogP contribution is -2.75. The Hall–Kier alpha value is -2.82. The molecule has 0 bridgehead atoms. The third kappa shape index (κ3) is 4.50. The summed E-state index contributed by atoms with van der Waals surface area (Å²) in [6, 6.07) is -3.34. The van der Waals surface area contributed by atoms with Crippen molar-refractivity contribution >= 4 is 62.6 Å². The molecule has 17 heteroatoms. The smallest absolute Gasteiger partial charge is 0.363 e. The highest BCUT2D eigenvalue weighted by Gasteiger charge is 2.57. The molecule has 1 aliphatic rings. The number of aromatic nitrogens is 1. The van der Waals surface area contributed by atoms with Crippen LogP contribution in [0.15, 0.2) is 10.5 Å². The second kappa shape index (κ2) is 8.90. The van der Waals surface area contributed by atoms with Crippen molar-refractivity contribution in [3.05, 3.63) is 16.1 Å². The molecule has 0 spiro atoms. The Morgan fingerprint density at radius 2 is 2.10 bits per heavy atom. The average molecular weight is 483 g/mol. The summed E-state index contributed by atoms with van der Waals surface area (Å²) in [7, 11) is -2.75. The molecule has 5 N–H and O–H groups in total. The Balaban J connectivity index is 2.29. The van der Waals surface area contributed by atoms with E-state index in [0.29, 0.717) is 0 Å². The Labute approximate surface area is 178 Å². The number of primary amides is 1. The van der Waals surface area contributed by atoms with Gasteiger partial charge in [-0.2, -0.15) is 12.7 Å². The first-order valence-corrected chi connectivity index (χ1v) is 10.5. The van der Waals surface area contributed by atoms with E-state index in [0.717, 1.165) is 18.4 Å². The fourth-order valence-corrected chi connectivity index (χ4v) is 4.24. The summed E-state index contributed by atoms with van der Waals surface area (Å²) in [5, 5.41) is 7.89. The molecular formula is C13H15ClN6O8S2. The minimum absolute atomic E-state index is 0.0660. The zero-order chi connectivity index (χ0) is 22.8. The van der Waals surface area contributed by atoms with Crippen molar-refractivity contribution in [3.8, 4) is 0 Å². The maximum Gasteiger partial charge on any atom is 0.363 e. The van der Waals surface area contributed by atoms with E-state index in [1.165, 1.54) is 12.4 Å². The number of nitrogens with one attached hydrogen (secondary N) is 2. The van der Waals surface area contributed by atoms with Gasteiger partial charge in [0, 0.05) is 12.4 Å². The first-order chi connectivity index (χ1) is 13.9. The number of β-lactam (4-membered cyclic amide) rings is 1. The third-order valence-corrected chi connectivity index (χ3v) is 6.10. The van der Waals surface area contributed by atoms with Crippen molar-refractivity contribution in [3.63, 3.8) is 0 Å². The monoisotopic (exact) mass is 482 g/mol. The molecule has 2 rings (SSSR count). The molecule has 0 saturated carbocycles. The summed E-state index contributed by atoms with van der Waals surface area (Å²) in [5.74, 6) is -4.12. The second-order valence-corrected chi connectivity index (χ2v) is 8.20. The van der Waals surface area contributed by atoms with Crippen LogP contribution in [-0.2, 0) is 34.3 Å². The molecule has 1 aromatic heterocycles. The predicted octanol–water partition coefficient (Wildman–Crippen LogP) is -2.50. The molecule has 30 heavy (non-hydrogen) atoms. The van der Waals surface area contributed by atoms with Crippen LogP contribution in [0, 0.1) is 0 Å². The van der Waals surface area contributed by atoms with E-state index in [1.807, 2.05) is 0 Å². The molecule has 1 fully saturated rings. The lowest BCUT2D eigenvalue weighted by Gasteiger charge is -2.42. The fraction of sp³-hybridized carbons (Fsp3) is 0.385. The molecule has 3 unspecified atom stereocenters. The van der Waals surface area contributed by atoms with E-state index in [9.17, 15) is 27.6 Å². The molecule has 0 radical (unpaired) electrons. The maximum absolute atomic E-state index is 12.6. The molecule has 1 aliphatic heterocycles. The van der Waals surface area contributed by atoms with Gasteiger partial charge in [0.1, 0.15) is 23.9 Å². The molecule has 1 aromatic rings. The number of alkyl halides is 1. The van der Waals surface area contributed by atoms with Crippen LogP contribution in [0.4, 0.5) is 0 Å². The molecular weight excluding hydrogens is 468 g/mol. The topological polar surface area (TPSA) is 210 Å². The highest BCUT2D eigenvalue weighted by Crippen LogP contribution is 2.26. The number of likely N-dealkylation sites (N-methyl/N-ethyl adjacent to an activating group) is 1. The first-order valence-electron chi connectivity index (χ1n) is 7.77. The molecule has 14 nitrogen and oxygen atoms in total. The number of nitrogens with two attached hydrogens (primary N) is 1. The van der Waals surface area contributed by atoms with Gasteiger partial charge in [-0.25, -0.2) is 4.98 Å². The van der Waals surface area contributed by atoms with Crippen molar-refractivity contribution in [2.24, 2.45) is 10.9 Å². The Kier molecular flexibility index (Phi) is 6.96. The Morgan fingerprint density at radius 1 is 1.47 bits per heavy atom. The molecule has 1 saturated heterocycles. The zero-order valence-corrected chi connectivity index (χ0v) is 17.6. The standard InChI is InChI=1S/C13H15ClN6O8S2/c1-16-11(23)8-7(13(24)20(8)30(25,26)27)18-10(22)6(19-28-2)4-3-29-12(17-4)5(14)9(15)21/h3,5,7-8H,1-2H3,(H2,15,21)(H,16,23)(H,18,22)(H,25,26,27)/b19-6-. The van der Waals surface area contributed by atoms with E-state index in [-0.39, 0.29) is 15.0 Å². The minimum Gasteiger partial charge on any atom is -0.398 e. The molecule has 0 aromatic carbocycles. The van der Waals surface area contributed by atoms with Gasteiger partial charge in [-0.05, 0) is 0 Å². The van der Waals surface area contributed by atoms with Crippen LogP contribution in [0.1, 0.15) is 16.1 Å². The normalized spacial score (nSPS) is 20.2. The van der Waals surface area contributed by atoms with Crippen molar-refractivity contribution in [1.82, 2.24) is 19.9 Å². The van der Waals surface area contributed by atoms with Crippen LogP contribution in [0.3, 0.4) is 0 Å². The van der Waals surface area contributed by atoms with Crippen molar-refractivity contribution in [2.45, 2.75) is 17.5 Å². The van der Waals surface area contributed by atoms with Crippen LogP contribution in [0.25, 0.3) is 0 Å². The van der Waals surface area contributed by atoms with Gasteiger partial charge in [0.15, 0.2) is 17.1 Å². The minimum atomic E-state index is -5.04. The quantitative estimate of drug-likeness (QED) is 0.101. The summed E-state index contributed by atoms with van der Waals surface area (Å²) >= 11 is 6.70. The predicted molar refractivity (Wildman–Crippen MR) is 102 cm³/mol. The number of halogens is 1. The highest BCUT2D eigenvalue weighted by atomic mass is 35.5. The summed E-state index contributed by atoms with van der Waals surface area (Å²) in [6.45, 7) is 0. The molecule has 3 atom stereocenters. The van der Waals surface area contributed by atoms with Gasteiger partial charge in [0.25, 0.3) is 11.8 Å². The zero-order valence-electron chi connectivity index (χ0n) is 15.2. The van der Waals surface area contributed by atoms with Crippen LogP contribution in [-0.4, -0.2) is 77.8 Å². The number of hydrogen-bond acceptors (Lipinski definition) is 10. The molecule has 2 heterocycles. The van der Waals surface area contributed by atoms with E-state index < -0.39 is 57.1 Å². The number of amides is 4. The third-order valence-electron chi connectivity index (χ3n) is 3.73. The van der Waals surface area contributed by atoms with Gasteiger partial charge >= 0.3 is 10.3 Å². The van der Waals surface area contributed by atoms with Gasteiger partial charge in [-0.1, -0.05) is 5.16 Å². The summed E-state index contributed by atoms with van der Waals surface area (Å²) < 4.78 is 31.7. The molecule has 164 valence electrons. The van der Waals surface area contributed by atoms with Gasteiger partial charge < -0.3 is 21.2 Å². The van der Waals surface area contributed by atoms with Crippen LogP contribution in [0.2, 0.25) is 0 Å². The van der Waals surface area contributed by atoms with E-state index in [4.69, 9.17) is 21.9 Å². The number of carbonyl (C=O) groups is 4. The van der Waals surface area contributed by atoms with E-state index in [1.54, 1.807) is 0 Å². The Bertz CT molecular complexity index is 1020. The number of thiazole rings is 1. The molecule has 4 amide bonds. The van der Waals surface area contributed by atoms with Crippen LogP contribution < -0.4 is 16.4 Å². The number of carbonyl (C=O) groups excluding carboxylic acids is 4. The largest absolute Gasteiger partial charge is 0.398 e. The summed E-state index contributed by atoms with van der Waals surface area (Å²) in [4.78, 5) is 56.4.